The molecule has 0 aliphatic rings. The Labute approximate surface area is 118 Å². The van der Waals surface area contributed by atoms with E-state index in [1.807, 2.05) is 30.3 Å². The van der Waals surface area contributed by atoms with E-state index in [-0.39, 0.29) is 0 Å². The zero-order valence-corrected chi connectivity index (χ0v) is 11.4. The van der Waals surface area contributed by atoms with Crippen molar-refractivity contribution in [3.63, 3.8) is 0 Å². The van der Waals surface area contributed by atoms with Crippen LogP contribution in [0, 0.1) is 11.3 Å². The summed E-state index contributed by atoms with van der Waals surface area (Å²) < 4.78 is 0. The number of aromatic nitrogens is 2. The van der Waals surface area contributed by atoms with Crippen molar-refractivity contribution < 1.29 is 0 Å². The lowest BCUT2D eigenvalue weighted by Crippen LogP contribution is -2.07. The van der Waals surface area contributed by atoms with Crippen molar-refractivity contribution in [2.75, 3.05) is 17.2 Å². The number of benzene rings is 1. The number of nitriles is 1. The molecule has 0 amide bonds. The van der Waals surface area contributed by atoms with Crippen LogP contribution in [0.25, 0.3) is 0 Å². The molecule has 0 radical (unpaired) electrons. The molecule has 1 aromatic heterocycles. The Morgan fingerprint density at radius 2 is 1.95 bits per heavy atom. The minimum atomic E-state index is 0.636. The van der Waals surface area contributed by atoms with Crippen LogP contribution in [0.2, 0.25) is 0 Å². The van der Waals surface area contributed by atoms with Crippen LogP contribution >= 0.6 is 0 Å². The maximum Gasteiger partial charge on any atom is 0.224 e. The molecular formula is C15H17N5. The van der Waals surface area contributed by atoms with E-state index in [1.54, 1.807) is 6.20 Å². The smallest absolute Gasteiger partial charge is 0.224 e. The van der Waals surface area contributed by atoms with E-state index in [1.165, 1.54) is 0 Å². The minimum Gasteiger partial charge on any atom is -0.366 e. The molecule has 0 aliphatic heterocycles. The van der Waals surface area contributed by atoms with Crippen molar-refractivity contribution in [3.05, 3.63) is 47.7 Å². The normalized spacial score (nSPS) is 9.80. The fourth-order valence-corrected chi connectivity index (χ4v) is 1.67. The van der Waals surface area contributed by atoms with Crippen LogP contribution in [-0.4, -0.2) is 16.5 Å². The van der Waals surface area contributed by atoms with Gasteiger partial charge in [0.25, 0.3) is 0 Å². The Balaban J connectivity index is 1.94. The summed E-state index contributed by atoms with van der Waals surface area (Å²) in [5.74, 6) is 1.42. The van der Waals surface area contributed by atoms with Gasteiger partial charge in [0.1, 0.15) is 5.82 Å². The maximum atomic E-state index is 8.75. The van der Waals surface area contributed by atoms with Crippen LogP contribution < -0.4 is 10.6 Å². The Morgan fingerprint density at radius 1 is 1.15 bits per heavy atom. The third kappa shape index (κ3) is 3.95. The van der Waals surface area contributed by atoms with Crippen LogP contribution in [0.4, 0.5) is 11.8 Å². The lowest BCUT2D eigenvalue weighted by molar-refractivity contribution is 0.950. The van der Waals surface area contributed by atoms with E-state index in [2.05, 4.69) is 33.6 Å². The van der Waals surface area contributed by atoms with Gasteiger partial charge in [-0.1, -0.05) is 19.1 Å². The highest BCUT2D eigenvalue weighted by molar-refractivity contribution is 5.41. The summed E-state index contributed by atoms with van der Waals surface area (Å²) in [7, 11) is 0. The fourth-order valence-electron chi connectivity index (χ4n) is 1.67. The summed E-state index contributed by atoms with van der Waals surface area (Å²) in [4.78, 5) is 8.53. The molecule has 5 heteroatoms. The monoisotopic (exact) mass is 267 g/mol. The standard InChI is InChI=1S/C15H17N5/c1-2-8-17-15-18-9-7-14(20-15)19-11-13-5-3-12(10-16)4-6-13/h3-7,9H,2,8,11H2,1H3,(H2,17,18,19,20). The summed E-state index contributed by atoms with van der Waals surface area (Å²) in [6.45, 7) is 3.62. The Morgan fingerprint density at radius 3 is 2.65 bits per heavy atom. The molecular weight excluding hydrogens is 250 g/mol. The average molecular weight is 267 g/mol. The van der Waals surface area contributed by atoms with Crippen LogP contribution in [0.5, 0.6) is 0 Å². The Bertz CT molecular complexity index is 586. The number of nitrogens with zero attached hydrogens (tertiary/aromatic N) is 3. The molecule has 0 saturated heterocycles. The summed E-state index contributed by atoms with van der Waals surface area (Å²) in [5, 5.41) is 15.1. The Kier molecular flexibility index (Phi) is 4.90. The third-order valence-electron chi connectivity index (χ3n) is 2.75. The van der Waals surface area contributed by atoms with Crippen molar-refractivity contribution in [3.8, 4) is 6.07 Å². The SMILES string of the molecule is CCCNc1nccc(NCc2ccc(C#N)cc2)n1. The number of hydrogen-bond donors (Lipinski definition) is 2. The number of nitrogens with one attached hydrogen (secondary N) is 2. The second-order valence-electron chi connectivity index (χ2n) is 4.35. The molecule has 0 fully saturated rings. The molecule has 0 atom stereocenters. The zero-order valence-electron chi connectivity index (χ0n) is 11.4. The molecule has 102 valence electrons. The van der Waals surface area contributed by atoms with Crippen LogP contribution in [0.3, 0.4) is 0 Å². The molecule has 1 aromatic carbocycles. The van der Waals surface area contributed by atoms with E-state index in [9.17, 15) is 0 Å². The highest BCUT2D eigenvalue weighted by atomic mass is 15.1. The number of anilines is 2. The largest absolute Gasteiger partial charge is 0.366 e. The number of hydrogen-bond acceptors (Lipinski definition) is 5. The second-order valence-corrected chi connectivity index (χ2v) is 4.35. The zero-order chi connectivity index (χ0) is 14.2. The highest BCUT2D eigenvalue weighted by Crippen LogP contribution is 2.09. The number of rotatable bonds is 6. The Hall–Kier alpha value is -2.61. The quantitative estimate of drug-likeness (QED) is 0.842. The minimum absolute atomic E-state index is 0.636. The molecule has 1 heterocycles. The van der Waals surface area contributed by atoms with Crippen molar-refractivity contribution in [2.24, 2.45) is 0 Å². The van der Waals surface area contributed by atoms with Crippen LogP contribution in [0.1, 0.15) is 24.5 Å². The molecule has 5 nitrogen and oxygen atoms in total. The van der Waals surface area contributed by atoms with Gasteiger partial charge in [-0.3, -0.25) is 0 Å². The van der Waals surface area contributed by atoms with Crippen molar-refractivity contribution in [2.45, 2.75) is 19.9 Å². The first-order valence-electron chi connectivity index (χ1n) is 6.61. The summed E-state index contributed by atoms with van der Waals surface area (Å²) in [5.41, 5.74) is 1.77. The predicted molar refractivity (Wildman–Crippen MR) is 79.3 cm³/mol. The third-order valence-corrected chi connectivity index (χ3v) is 2.75. The summed E-state index contributed by atoms with van der Waals surface area (Å²) in [6, 6.07) is 11.4. The van der Waals surface area contributed by atoms with E-state index in [0.717, 1.165) is 24.3 Å². The molecule has 2 rings (SSSR count). The molecule has 2 N–H and O–H groups in total. The van der Waals surface area contributed by atoms with Gasteiger partial charge in [-0.05, 0) is 30.2 Å². The van der Waals surface area contributed by atoms with E-state index >= 15 is 0 Å². The van der Waals surface area contributed by atoms with E-state index in [4.69, 9.17) is 5.26 Å². The molecule has 2 aromatic rings. The van der Waals surface area contributed by atoms with Crippen molar-refractivity contribution in [1.29, 1.82) is 5.26 Å². The first-order chi connectivity index (χ1) is 9.81. The van der Waals surface area contributed by atoms with Gasteiger partial charge in [-0.15, -0.1) is 0 Å². The molecule has 0 saturated carbocycles. The van der Waals surface area contributed by atoms with Gasteiger partial charge >= 0.3 is 0 Å². The summed E-state index contributed by atoms with van der Waals surface area (Å²) >= 11 is 0. The van der Waals surface area contributed by atoms with E-state index < -0.39 is 0 Å². The first-order valence-corrected chi connectivity index (χ1v) is 6.61. The van der Waals surface area contributed by atoms with Gasteiger partial charge in [0.15, 0.2) is 0 Å². The topological polar surface area (TPSA) is 73.6 Å². The highest BCUT2D eigenvalue weighted by Gasteiger charge is 1.99. The molecule has 20 heavy (non-hydrogen) atoms. The van der Waals surface area contributed by atoms with Gasteiger partial charge in [0, 0.05) is 19.3 Å². The molecule has 0 unspecified atom stereocenters. The van der Waals surface area contributed by atoms with Crippen LogP contribution in [0.15, 0.2) is 36.5 Å². The lowest BCUT2D eigenvalue weighted by Gasteiger charge is -2.08. The van der Waals surface area contributed by atoms with Crippen molar-refractivity contribution >= 4 is 11.8 Å². The predicted octanol–water partition coefficient (Wildman–Crippen LogP) is 2.78. The molecule has 0 bridgehead atoms. The van der Waals surface area contributed by atoms with Gasteiger partial charge in [-0.2, -0.15) is 10.2 Å². The van der Waals surface area contributed by atoms with Gasteiger partial charge in [-0.25, -0.2) is 4.98 Å². The van der Waals surface area contributed by atoms with E-state index in [0.29, 0.717) is 18.1 Å². The molecule has 0 aliphatic carbocycles. The van der Waals surface area contributed by atoms with Gasteiger partial charge in [0.2, 0.25) is 5.95 Å². The average Bonchev–Trinajstić information content (AvgIpc) is 2.52. The fraction of sp³-hybridized carbons (Fsp3) is 0.267. The molecule has 0 spiro atoms. The lowest BCUT2D eigenvalue weighted by atomic mass is 10.1. The van der Waals surface area contributed by atoms with Gasteiger partial charge < -0.3 is 10.6 Å². The van der Waals surface area contributed by atoms with Crippen molar-refractivity contribution in [1.82, 2.24) is 9.97 Å². The van der Waals surface area contributed by atoms with Gasteiger partial charge in [0.05, 0.1) is 11.6 Å². The first kappa shape index (κ1) is 13.8. The second kappa shape index (κ2) is 7.10. The maximum absolute atomic E-state index is 8.75. The van der Waals surface area contributed by atoms with Crippen LogP contribution in [-0.2, 0) is 6.54 Å². The summed E-state index contributed by atoms with van der Waals surface area (Å²) in [6.07, 6.45) is 2.76.